The van der Waals surface area contributed by atoms with Crippen LogP contribution in [-0.4, -0.2) is 18.1 Å². The predicted molar refractivity (Wildman–Crippen MR) is 76.6 cm³/mol. The van der Waals surface area contributed by atoms with Crippen LogP contribution >= 0.6 is 22.9 Å². The lowest BCUT2D eigenvalue weighted by Crippen LogP contribution is -2.58. The number of hydrogen-bond acceptors (Lipinski definition) is 3. The van der Waals surface area contributed by atoms with Crippen molar-refractivity contribution in [3.63, 3.8) is 0 Å². The van der Waals surface area contributed by atoms with Gasteiger partial charge in [0, 0.05) is 41.0 Å². The van der Waals surface area contributed by atoms with E-state index in [1.54, 1.807) is 11.3 Å². The molecule has 0 unspecified atom stereocenters. The molecule has 1 aliphatic heterocycles. The van der Waals surface area contributed by atoms with Gasteiger partial charge in [0.1, 0.15) is 0 Å². The maximum atomic E-state index is 5.96. The lowest BCUT2D eigenvalue weighted by atomic mass is 9.73. The molecule has 1 aliphatic rings. The average molecular weight is 279 g/mol. The van der Waals surface area contributed by atoms with E-state index < -0.39 is 0 Å². The summed E-state index contributed by atoms with van der Waals surface area (Å²) in [6.45, 7) is 4.09. The van der Waals surface area contributed by atoms with Gasteiger partial charge in [0.25, 0.3) is 0 Å². The van der Waals surface area contributed by atoms with Crippen molar-refractivity contribution in [2.24, 2.45) is 0 Å². The summed E-state index contributed by atoms with van der Waals surface area (Å²) < 4.78 is 0. The molecular formula is C14H15ClN2S. The number of halogens is 1. The fraction of sp³-hybridized carbons (Fsp3) is 0.357. The number of thiazole rings is 1. The highest BCUT2D eigenvalue weighted by atomic mass is 35.5. The molecule has 1 aromatic heterocycles. The van der Waals surface area contributed by atoms with Crippen LogP contribution < -0.4 is 5.32 Å². The lowest BCUT2D eigenvalue weighted by molar-refractivity contribution is 0.274. The topological polar surface area (TPSA) is 24.9 Å². The SMILES string of the molecule is Cc1csc(CC2(c3ccc(Cl)cc3)CNC2)n1. The molecule has 0 bridgehead atoms. The second-order valence-corrected chi connectivity index (χ2v) is 6.33. The number of nitrogens with one attached hydrogen (secondary N) is 1. The van der Waals surface area contributed by atoms with Crippen LogP contribution in [0, 0.1) is 6.92 Å². The summed E-state index contributed by atoms with van der Waals surface area (Å²) in [6.07, 6.45) is 1.01. The van der Waals surface area contributed by atoms with Crippen LogP contribution in [0.25, 0.3) is 0 Å². The van der Waals surface area contributed by atoms with Crippen molar-refractivity contribution in [3.05, 3.63) is 50.9 Å². The number of aromatic nitrogens is 1. The maximum Gasteiger partial charge on any atom is 0.0938 e. The summed E-state index contributed by atoms with van der Waals surface area (Å²) in [4.78, 5) is 4.59. The largest absolute Gasteiger partial charge is 0.315 e. The molecule has 1 saturated heterocycles. The molecule has 2 heterocycles. The standard InChI is InChI=1S/C14H15ClN2S/c1-10-7-18-13(17-10)6-14(8-16-9-14)11-2-4-12(15)5-3-11/h2-5,7,16H,6,8-9H2,1H3. The fourth-order valence-corrected chi connectivity index (χ4v) is 3.48. The van der Waals surface area contributed by atoms with Crippen LogP contribution in [0.5, 0.6) is 0 Å². The van der Waals surface area contributed by atoms with Gasteiger partial charge in [-0.15, -0.1) is 11.3 Å². The molecule has 0 radical (unpaired) electrons. The zero-order valence-electron chi connectivity index (χ0n) is 10.2. The quantitative estimate of drug-likeness (QED) is 0.933. The van der Waals surface area contributed by atoms with Crippen LogP contribution in [0.4, 0.5) is 0 Å². The molecule has 3 rings (SSSR count). The van der Waals surface area contributed by atoms with Gasteiger partial charge in [0.05, 0.1) is 5.01 Å². The molecule has 4 heteroatoms. The predicted octanol–water partition coefficient (Wildman–Crippen LogP) is 3.19. The Balaban J connectivity index is 1.88. The van der Waals surface area contributed by atoms with Crippen molar-refractivity contribution < 1.29 is 0 Å². The van der Waals surface area contributed by atoms with Crippen molar-refractivity contribution in [1.82, 2.24) is 10.3 Å². The van der Waals surface area contributed by atoms with Crippen LogP contribution in [-0.2, 0) is 11.8 Å². The van der Waals surface area contributed by atoms with E-state index in [9.17, 15) is 0 Å². The third kappa shape index (κ3) is 2.18. The summed E-state index contributed by atoms with van der Waals surface area (Å²) in [5.74, 6) is 0. The molecule has 2 nitrogen and oxygen atoms in total. The molecule has 1 fully saturated rings. The molecule has 2 aromatic rings. The van der Waals surface area contributed by atoms with Gasteiger partial charge < -0.3 is 5.32 Å². The molecule has 0 atom stereocenters. The van der Waals surface area contributed by atoms with Gasteiger partial charge in [-0.3, -0.25) is 0 Å². The van der Waals surface area contributed by atoms with Gasteiger partial charge in [-0.2, -0.15) is 0 Å². The summed E-state index contributed by atoms with van der Waals surface area (Å²) >= 11 is 7.72. The highest BCUT2D eigenvalue weighted by Gasteiger charge is 2.39. The van der Waals surface area contributed by atoms with E-state index in [-0.39, 0.29) is 5.41 Å². The van der Waals surface area contributed by atoms with Gasteiger partial charge >= 0.3 is 0 Å². The number of benzene rings is 1. The summed E-state index contributed by atoms with van der Waals surface area (Å²) in [7, 11) is 0. The van der Waals surface area contributed by atoms with E-state index in [0.717, 1.165) is 30.2 Å². The van der Waals surface area contributed by atoms with Crippen molar-refractivity contribution in [1.29, 1.82) is 0 Å². The Bertz CT molecular complexity index is 543. The van der Waals surface area contributed by atoms with E-state index in [4.69, 9.17) is 11.6 Å². The number of nitrogens with zero attached hydrogens (tertiary/aromatic N) is 1. The van der Waals surface area contributed by atoms with Crippen LogP contribution in [0.3, 0.4) is 0 Å². The first kappa shape index (κ1) is 12.2. The minimum Gasteiger partial charge on any atom is -0.315 e. The second-order valence-electron chi connectivity index (χ2n) is 4.95. The molecule has 0 saturated carbocycles. The number of rotatable bonds is 3. The second kappa shape index (κ2) is 4.65. The van der Waals surface area contributed by atoms with Crippen molar-refractivity contribution in [2.75, 3.05) is 13.1 Å². The van der Waals surface area contributed by atoms with Crippen LogP contribution in [0.1, 0.15) is 16.3 Å². The van der Waals surface area contributed by atoms with E-state index in [1.807, 2.05) is 19.1 Å². The highest BCUT2D eigenvalue weighted by Crippen LogP contribution is 2.33. The molecule has 94 valence electrons. The monoisotopic (exact) mass is 278 g/mol. The number of aryl methyl sites for hydroxylation is 1. The Hall–Kier alpha value is -0.900. The minimum absolute atomic E-state index is 0.203. The van der Waals surface area contributed by atoms with Gasteiger partial charge in [-0.25, -0.2) is 4.98 Å². The first-order chi connectivity index (χ1) is 8.68. The average Bonchev–Trinajstić information content (AvgIpc) is 2.71. The smallest absolute Gasteiger partial charge is 0.0938 e. The molecule has 18 heavy (non-hydrogen) atoms. The Morgan fingerprint density at radius 2 is 2.06 bits per heavy atom. The maximum absolute atomic E-state index is 5.96. The summed E-state index contributed by atoms with van der Waals surface area (Å²) in [6, 6.07) is 8.24. The highest BCUT2D eigenvalue weighted by molar-refractivity contribution is 7.09. The summed E-state index contributed by atoms with van der Waals surface area (Å²) in [5.41, 5.74) is 2.68. The van der Waals surface area contributed by atoms with E-state index in [2.05, 4.69) is 27.8 Å². The number of hydrogen-bond donors (Lipinski definition) is 1. The zero-order valence-corrected chi connectivity index (χ0v) is 11.8. The Labute approximate surface area is 116 Å². The van der Waals surface area contributed by atoms with Crippen molar-refractivity contribution >= 4 is 22.9 Å². The normalized spacial score (nSPS) is 17.4. The van der Waals surface area contributed by atoms with Crippen molar-refractivity contribution in [3.8, 4) is 0 Å². The Morgan fingerprint density at radius 3 is 2.56 bits per heavy atom. The Kier molecular flexibility index (Phi) is 3.14. The van der Waals surface area contributed by atoms with Gasteiger partial charge in [0.2, 0.25) is 0 Å². The molecular weight excluding hydrogens is 264 g/mol. The zero-order chi connectivity index (χ0) is 12.6. The molecule has 1 aromatic carbocycles. The molecule has 1 N–H and O–H groups in total. The Morgan fingerprint density at radius 1 is 1.33 bits per heavy atom. The molecule has 0 aliphatic carbocycles. The van der Waals surface area contributed by atoms with Crippen LogP contribution in [0.15, 0.2) is 29.6 Å². The lowest BCUT2D eigenvalue weighted by Gasteiger charge is -2.43. The van der Waals surface area contributed by atoms with E-state index in [0.29, 0.717) is 0 Å². The minimum atomic E-state index is 0.203. The first-order valence-corrected chi connectivity index (χ1v) is 7.32. The molecule has 0 amide bonds. The van der Waals surface area contributed by atoms with Crippen LogP contribution in [0.2, 0.25) is 5.02 Å². The third-order valence-electron chi connectivity index (χ3n) is 3.54. The van der Waals surface area contributed by atoms with Gasteiger partial charge in [0.15, 0.2) is 0 Å². The van der Waals surface area contributed by atoms with E-state index in [1.165, 1.54) is 10.6 Å². The van der Waals surface area contributed by atoms with Gasteiger partial charge in [-0.1, -0.05) is 23.7 Å². The fourth-order valence-electron chi connectivity index (χ4n) is 2.43. The van der Waals surface area contributed by atoms with Crippen molar-refractivity contribution in [2.45, 2.75) is 18.8 Å². The van der Waals surface area contributed by atoms with E-state index >= 15 is 0 Å². The molecule has 0 spiro atoms. The third-order valence-corrected chi connectivity index (χ3v) is 4.76. The van der Waals surface area contributed by atoms with Gasteiger partial charge in [-0.05, 0) is 24.6 Å². The first-order valence-electron chi connectivity index (χ1n) is 6.06. The summed E-state index contributed by atoms with van der Waals surface area (Å²) in [5, 5.41) is 7.53.